The fourth-order valence-corrected chi connectivity index (χ4v) is 12.5. The molecule has 0 aromatic heterocycles. The molecule has 6 aromatic carbocycles. The molecule has 1 spiro atoms. The zero-order valence-electron chi connectivity index (χ0n) is 33.4. The molecule has 6 aromatic rings. The molecular weight excluding hydrogens is 679 g/mol. The highest BCUT2D eigenvalue weighted by atomic mass is 16.5. The van der Waals surface area contributed by atoms with E-state index in [0.29, 0.717) is 11.8 Å². The van der Waals surface area contributed by atoms with Gasteiger partial charge in [0.2, 0.25) is 0 Å². The lowest BCUT2D eigenvalue weighted by Gasteiger charge is -2.63. The Labute approximate surface area is 333 Å². The summed E-state index contributed by atoms with van der Waals surface area (Å²) in [4.78, 5) is 2.53. The number of fused-ring (bicyclic) bond motifs is 3. The van der Waals surface area contributed by atoms with Gasteiger partial charge in [0.1, 0.15) is 11.5 Å². The summed E-state index contributed by atoms with van der Waals surface area (Å²) in [5.41, 5.74) is 14.6. The van der Waals surface area contributed by atoms with E-state index in [1.165, 1.54) is 107 Å². The van der Waals surface area contributed by atoms with Crippen LogP contribution in [-0.4, -0.2) is 0 Å². The van der Waals surface area contributed by atoms with Gasteiger partial charge in [-0.1, -0.05) is 119 Å². The van der Waals surface area contributed by atoms with Crippen LogP contribution in [0.4, 0.5) is 17.1 Å². The zero-order chi connectivity index (χ0) is 37.8. The van der Waals surface area contributed by atoms with Gasteiger partial charge < -0.3 is 9.64 Å². The van der Waals surface area contributed by atoms with Crippen molar-refractivity contribution in [3.63, 3.8) is 0 Å². The molecule has 280 valence electrons. The molecule has 0 atom stereocenters. The summed E-state index contributed by atoms with van der Waals surface area (Å²) in [6.45, 7) is 9.73. The highest BCUT2D eigenvalue weighted by Gasteiger charge is 2.61. The third-order valence-electron chi connectivity index (χ3n) is 15.2. The first-order valence-electron chi connectivity index (χ1n) is 21.3. The molecular formula is C54H53NO. The lowest BCUT2D eigenvalue weighted by molar-refractivity contribution is -0.0452. The van der Waals surface area contributed by atoms with Crippen LogP contribution in [0.5, 0.6) is 11.5 Å². The van der Waals surface area contributed by atoms with E-state index in [-0.39, 0.29) is 16.2 Å². The van der Waals surface area contributed by atoms with Crippen molar-refractivity contribution in [1.82, 2.24) is 0 Å². The number of ether oxygens (including phenoxy) is 1. The summed E-state index contributed by atoms with van der Waals surface area (Å²) in [6.07, 6.45) is 9.16. The normalized spacial score (nSPS) is 25.9. The minimum atomic E-state index is -0.0493. The molecule has 2 heteroatoms. The molecule has 5 aliphatic carbocycles. The van der Waals surface area contributed by atoms with Crippen LogP contribution in [-0.2, 0) is 16.2 Å². The van der Waals surface area contributed by atoms with Crippen molar-refractivity contribution >= 4 is 17.1 Å². The molecule has 0 N–H and O–H groups in total. The van der Waals surface area contributed by atoms with E-state index in [4.69, 9.17) is 4.74 Å². The minimum Gasteiger partial charge on any atom is -0.457 e. The third-order valence-corrected chi connectivity index (χ3v) is 15.2. The number of rotatable bonds is 5. The summed E-state index contributed by atoms with van der Waals surface area (Å²) in [5, 5.41) is 0. The van der Waals surface area contributed by atoms with Crippen molar-refractivity contribution in [2.45, 2.75) is 88.9 Å². The second-order valence-corrected chi connectivity index (χ2v) is 19.3. The molecule has 1 heterocycles. The van der Waals surface area contributed by atoms with Gasteiger partial charge in [-0.25, -0.2) is 0 Å². The molecule has 0 unspecified atom stereocenters. The largest absolute Gasteiger partial charge is 0.457 e. The lowest BCUT2D eigenvalue weighted by atomic mass is 9.41. The van der Waals surface area contributed by atoms with Gasteiger partial charge in [-0.2, -0.15) is 0 Å². The number of hydrogen-bond donors (Lipinski definition) is 0. The highest BCUT2D eigenvalue weighted by Crippen LogP contribution is 2.69. The summed E-state index contributed by atoms with van der Waals surface area (Å²) < 4.78 is 7.09. The van der Waals surface area contributed by atoms with Gasteiger partial charge >= 0.3 is 0 Å². The van der Waals surface area contributed by atoms with Crippen molar-refractivity contribution in [2.24, 2.45) is 23.7 Å². The van der Waals surface area contributed by atoms with E-state index < -0.39 is 0 Å². The summed E-state index contributed by atoms with van der Waals surface area (Å²) in [6, 6.07) is 52.5. The predicted octanol–water partition coefficient (Wildman–Crippen LogP) is 14.7. The van der Waals surface area contributed by atoms with Crippen LogP contribution in [0.1, 0.15) is 94.9 Å². The molecule has 12 rings (SSSR count). The van der Waals surface area contributed by atoms with Gasteiger partial charge in [0.05, 0.1) is 0 Å². The third kappa shape index (κ3) is 5.20. The Balaban J connectivity index is 1.10. The molecule has 0 radical (unpaired) electrons. The molecule has 2 nitrogen and oxygen atoms in total. The lowest BCUT2D eigenvalue weighted by Crippen LogP contribution is -2.57. The summed E-state index contributed by atoms with van der Waals surface area (Å²) >= 11 is 0. The minimum absolute atomic E-state index is 0.0493. The topological polar surface area (TPSA) is 12.5 Å². The quantitative estimate of drug-likeness (QED) is 0.175. The molecule has 56 heavy (non-hydrogen) atoms. The number of anilines is 3. The second kappa shape index (κ2) is 12.5. The van der Waals surface area contributed by atoms with E-state index >= 15 is 0 Å². The van der Waals surface area contributed by atoms with Gasteiger partial charge in [-0.05, 0) is 161 Å². The zero-order valence-corrected chi connectivity index (χ0v) is 33.4. The van der Waals surface area contributed by atoms with E-state index in [1.807, 2.05) is 0 Å². The van der Waals surface area contributed by atoms with E-state index in [9.17, 15) is 0 Å². The summed E-state index contributed by atoms with van der Waals surface area (Å²) in [7, 11) is 0. The average Bonchev–Trinajstić information content (AvgIpc) is 3.22. The first-order chi connectivity index (χ1) is 27.2. The number of benzene rings is 6. The smallest absolute Gasteiger partial charge is 0.132 e. The summed E-state index contributed by atoms with van der Waals surface area (Å²) in [5.74, 6) is 5.10. The van der Waals surface area contributed by atoms with E-state index in [2.05, 4.69) is 172 Å². The number of nitrogens with zero attached hydrogens (tertiary/aromatic N) is 1. The Kier molecular flexibility index (Phi) is 7.61. The van der Waals surface area contributed by atoms with Crippen molar-refractivity contribution in [1.29, 1.82) is 0 Å². The molecule has 4 fully saturated rings. The molecule has 0 amide bonds. The highest BCUT2D eigenvalue weighted by molar-refractivity contribution is 5.81. The molecule has 0 saturated heterocycles. The molecule has 4 saturated carbocycles. The second-order valence-electron chi connectivity index (χ2n) is 19.3. The van der Waals surface area contributed by atoms with Gasteiger partial charge in [0, 0.05) is 33.6 Å². The van der Waals surface area contributed by atoms with Crippen LogP contribution < -0.4 is 9.64 Å². The van der Waals surface area contributed by atoms with Crippen LogP contribution in [0.25, 0.3) is 22.3 Å². The van der Waals surface area contributed by atoms with Crippen LogP contribution in [0.3, 0.4) is 0 Å². The molecule has 1 aliphatic heterocycles. The van der Waals surface area contributed by atoms with Crippen LogP contribution >= 0.6 is 0 Å². The Hall–Kier alpha value is -5.08. The Bertz CT molecular complexity index is 2430. The first kappa shape index (κ1) is 34.2. The Morgan fingerprint density at radius 1 is 0.429 bits per heavy atom. The fourth-order valence-electron chi connectivity index (χ4n) is 12.5. The van der Waals surface area contributed by atoms with Crippen molar-refractivity contribution in [3.8, 4) is 33.8 Å². The van der Waals surface area contributed by atoms with Crippen LogP contribution in [0.15, 0.2) is 140 Å². The maximum Gasteiger partial charge on any atom is 0.132 e. The SMILES string of the molecule is CC1(C)CCC(C)(C)c2cc(N(c3ccc(-c4ccccc4)cc3)c3ccc4c(c3)C3(c5ccc(-c6ccccc6)cc5O4)C4CC5CC(C4)CC3C5)ccc21. The van der Waals surface area contributed by atoms with Crippen LogP contribution in [0.2, 0.25) is 0 Å². The Morgan fingerprint density at radius 2 is 0.929 bits per heavy atom. The molecule has 6 aliphatic rings. The predicted molar refractivity (Wildman–Crippen MR) is 232 cm³/mol. The van der Waals surface area contributed by atoms with Gasteiger partial charge in [-0.15, -0.1) is 0 Å². The van der Waals surface area contributed by atoms with Crippen molar-refractivity contribution in [2.75, 3.05) is 4.90 Å². The van der Waals surface area contributed by atoms with E-state index in [0.717, 1.165) is 23.3 Å². The van der Waals surface area contributed by atoms with Gasteiger partial charge in [-0.3, -0.25) is 0 Å². The maximum absolute atomic E-state index is 7.09. The molecule has 4 bridgehead atoms. The fraction of sp³-hybridized carbons (Fsp3) is 0.333. The average molecular weight is 732 g/mol. The number of hydrogen-bond acceptors (Lipinski definition) is 2. The van der Waals surface area contributed by atoms with Gasteiger partial charge in [0.15, 0.2) is 0 Å². The maximum atomic E-state index is 7.09. The van der Waals surface area contributed by atoms with Gasteiger partial charge in [0.25, 0.3) is 0 Å². The monoisotopic (exact) mass is 731 g/mol. The van der Waals surface area contributed by atoms with E-state index in [1.54, 1.807) is 0 Å². The van der Waals surface area contributed by atoms with Crippen LogP contribution in [0, 0.1) is 23.7 Å². The first-order valence-corrected chi connectivity index (χ1v) is 21.3. The van der Waals surface area contributed by atoms with Crippen molar-refractivity contribution < 1.29 is 4.74 Å². The Morgan fingerprint density at radius 3 is 1.57 bits per heavy atom. The van der Waals surface area contributed by atoms with Crippen molar-refractivity contribution in [3.05, 3.63) is 162 Å². The standard InChI is InChI=1S/C54H53NO/c1-52(2)25-26-53(3,4)48-33-44(20-23-46(48)52)55(43-18-15-39(16-19-43)37-11-7-5-8-12-37)45-21-24-50-49(34-45)54(41-28-35-27-36(30-41)31-42(54)29-35)47-22-17-40(32-51(47)56-50)38-13-9-6-10-14-38/h5-24,32-36,41-42H,25-31H2,1-4H3.